The molecule has 0 aromatic carbocycles. The van der Waals surface area contributed by atoms with Crippen LogP contribution in [-0.4, -0.2) is 6.29 Å². The van der Waals surface area contributed by atoms with Gasteiger partial charge >= 0.3 is 0 Å². The van der Waals surface area contributed by atoms with Crippen LogP contribution in [0.3, 0.4) is 0 Å². The van der Waals surface area contributed by atoms with Gasteiger partial charge in [-0.15, -0.1) is 0 Å². The van der Waals surface area contributed by atoms with Gasteiger partial charge in [0.2, 0.25) is 0 Å². The first-order valence-corrected chi connectivity index (χ1v) is 4.43. The highest BCUT2D eigenvalue weighted by Crippen LogP contribution is 2.27. The average molecular weight is 152 g/mol. The fourth-order valence-corrected chi connectivity index (χ4v) is 1.68. The van der Waals surface area contributed by atoms with Gasteiger partial charge in [0, 0.05) is 6.42 Å². The molecule has 0 aromatic rings. The van der Waals surface area contributed by atoms with E-state index in [1.165, 1.54) is 19.3 Å². The maximum absolute atomic E-state index is 10.2. The van der Waals surface area contributed by atoms with Crippen molar-refractivity contribution in [3.05, 3.63) is 12.2 Å². The van der Waals surface area contributed by atoms with Crippen LogP contribution < -0.4 is 0 Å². The molecule has 1 aliphatic carbocycles. The summed E-state index contributed by atoms with van der Waals surface area (Å²) in [4.78, 5) is 10.2. The highest BCUT2D eigenvalue weighted by molar-refractivity contribution is 5.49. The molecule has 0 fully saturated rings. The van der Waals surface area contributed by atoms with Gasteiger partial charge in [-0.25, -0.2) is 0 Å². The SMILES string of the molecule is CC(CC=O)C1CC=CCC1. The minimum atomic E-state index is 0.581. The van der Waals surface area contributed by atoms with Crippen LogP contribution in [0.25, 0.3) is 0 Å². The van der Waals surface area contributed by atoms with Gasteiger partial charge in [-0.1, -0.05) is 19.1 Å². The van der Waals surface area contributed by atoms with Crippen LogP contribution in [0.15, 0.2) is 12.2 Å². The summed E-state index contributed by atoms with van der Waals surface area (Å²) in [5.74, 6) is 1.34. The Morgan fingerprint density at radius 2 is 2.45 bits per heavy atom. The molecule has 1 aliphatic rings. The summed E-state index contributed by atoms with van der Waals surface area (Å²) < 4.78 is 0. The number of aldehydes is 1. The molecule has 1 rings (SSSR count). The zero-order valence-electron chi connectivity index (χ0n) is 7.12. The Hall–Kier alpha value is -0.590. The van der Waals surface area contributed by atoms with E-state index >= 15 is 0 Å². The summed E-state index contributed by atoms with van der Waals surface area (Å²) in [5.41, 5.74) is 0. The Labute approximate surface area is 68.5 Å². The second-order valence-corrected chi connectivity index (χ2v) is 3.42. The molecule has 0 radical (unpaired) electrons. The summed E-state index contributed by atoms with van der Waals surface area (Å²) in [6.45, 7) is 2.18. The number of allylic oxidation sites excluding steroid dienone is 2. The van der Waals surface area contributed by atoms with E-state index in [9.17, 15) is 4.79 Å². The molecule has 1 nitrogen and oxygen atoms in total. The van der Waals surface area contributed by atoms with Crippen LogP contribution in [-0.2, 0) is 4.79 Å². The van der Waals surface area contributed by atoms with E-state index in [0.717, 1.165) is 18.6 Å². The second-order valence-electron chi connectivity index (χ2n) is 3.42. The molecule has 0 heterocycles. The molecule has 2 atom stereocenters. The van der Waals surface area contributed by atoms with E-state index in [1.54, 1.807) is 0 Å². The van der Waals surface area contributed by atoms with Crippen LogP contribution in [0.1, 0.15) is 32.6 Å². The fraction of sp³-hybridized carbons (Fsp3) is 0.700. The molecular weight excluding hydrogens is 136 g/mol. The summed E-state index contributed by atoms with van der Waals surface area (Å²) in [6.07, 6.45) is 9.91. The molecule has 0 aromatic heterocycles. The zero-order chi connectivity index (χ0) is 8.10. The van der Waals surface area contributed by atoms with Crippen LogP contribution in [0.4, 0.5) is 0 Å². The number of carbonyl (C=O) groups is 1. The Bertz CT molecular complexity index is 149. The van der Waals surface area contributed by atoms with Crippen LogP contribution in [0, 0.1) is 11.8 Å². The van der Waals surface area contributed by atoms with Crippen LogP contribution in [0.2, 0.25) is 0 Å². The molecule has 0 aliphatic heterocycles. The fourth-order valence-electron chi connectivity index (χ4n) is 1.68. The third kappa shape index (κ3) is 2.49. The van der Waals surface area contributed by atoms with Gasteiger partial charge < -0.3 is 4.79 Å². The number of hydrogen-bond acceptors (Lipinski definition) is 1. The van der Waals surface area contributed by atoms with Gasteiger partial charge in [-0.3, -0.25) is 0 Å². The van der Waals surface area contributed by atoms with Crippen molar-refractivity contribution in [2.75, 3.05) is 0 Å². The van der Waals surface area contributed by atoms with Gasteiger partial charge in [0.15, 0.2) is 0 Å². The molecule has 0 spiro atoms. The number of hydrogen-bond donors (Lipinski definition) is 0. The molecule has 2 unspecified atom stereocenters. The molecule has 1 heteroatoms. The minimum Gasteiger partial charge on any atom is -0.303 e. The lowest BCUT2D eigenvalue weighted by atomic mass is 9.83. The highest BCUT2D eigenvalue weighted by atomic mass is 16.1. The van der Waals surface area contributed by atoms with E-state index in [2.05, 4.69) is 19.1 Å². The third-order valence-corrected chi connectivity index (χ3v) is 2.58. The first-order valence-electron chi connectivity index (χ1n) is 4.43. The maximum atomic E-state index is 10.2. The van der Waals surface area contributed by atoms with Crippen molar-refractivity contribution in [2.45, 2.75) is 32.6 Å². The molecule has 0 saturated heterocycles. The van der Waals surface area contributed by atoms with Gasteiger partial charge in [0.25, 0.3) is 0 Å². The summed E-state index contributed by atoms with van der Waals surface area (Å²) in [5, 5.41) is 0. The molecule has 0 amide bonds. The summed E-state index contributed by atoms with van der Waals surface area (Å²) in [7, 11) is 0. The Kier molecular flexibility index (Phi) is 3.34. The van der Waals surface area contributed by atoms with Crippen molar-refractivity contribution in [2.24, 2.45) is 11.8 Å². The highest BCUT2D eigenvalue weighted by Gasteiger charge is 2.16. The van der Waals surface area contributed by atoms with Gasteiger partial charge in [-0.2, -0.15) is 0 Å². The van der Waals surface area contributed by atoms with Crippen LogP contribution in [0.5, 0.6) is 0 Å². The Morgan fingerprint density at radius 1 is 1.64 bits per heavy atom. The smallest absolute Gasteiger partial charge is 0.120 e. The number of carbonyl (C=O) groups excluding carboxylic acids is 1. The Morgan fingerprint density at radius 3 is 3.00 bits per heavy atom. The molecular formula is C10H16O. The topological polar surface area (TPSA) is 17.1 Å². The van der Waals surface area contributed by atoms with E-state index in [1.807, 2.05) is 0 Å². The first kappa shape index (κ1) is 8.51. The van der Waals surface area contributed by atoms with Crippen molar-refractivity contribution in [3.63, 3.8) is 0 Å². The summed E-state index contributed by atoms with van der Waals surface area (Å²) >= 11 is 0. The Balaban J connectivity index is 2.33. The van der Waals surface area contributed by atoms with Gasteiger partial charge in [0.1, 0.15) is 6.29 Å². The zero-order valence-corrected chi connectivity index (χ0v) is 7.12. The van der Waals surface area contributed by atoms with E-state index in [4.69, 9.17) is 0 Å². The molecule has 0 bridgehead atoms. The van der Waals surface area contributed by atoms with Crippen LogP contribution >= 0.6 is 0 Å². The second kappa shape index (κ2) is 4.32. The van der Waals surface area contributed by atoms with Crippen molar-refractivity contribution in [1.29, 1.82) is 0 Å². The monoisotopic (exact) mass is 152 g/mol. The quantitative estimate of drug-likeness (QED) is 0.448. The van der Waals surface area contributed by atoms with Gasteiger partial charge in [-0.05, 0) is 31.1 Å². The molecule has 0 N–H and O–H groups in total. The maximum Gasteiger partial charge on any atom is 0.120 e. The normalized spacial score (nSPS) is 26.5. The van der Waals surface area contributed by atoms with Gasteiger partial charge in [0.05, 0.1) is 0 Å². The van der Waals surface area contributed by atoms with E-state index in [-0.39, 0.29) is 0 Å². The first-order chi connectivity index (χ1) is 5.34. The molecule has 11 heavy (non-hydrogen) atoms. The van der Waals surface area contributed by atoms with E-state index < -0.39 is 0 Å². The lowest BCUT2D eigenvalue weighted by Gasteiger charge is -2.22. The third-order valence-electron chi connectivity index (χ3n) is 2.58. The molecule has 0 saturated carbocycles. The standard InChI is InChI=1S/C10H16O/c1-9(7-8-11)10-5-3-2-4-6-10/h2-3,8-10H,4-7H2,1H3. The minimum absolute atomic E-state index is 0.581. The predicted molar refractivity (Wildman–Crippen MR) is 46.3 cm³/mol. The largest absolute Gasteiger partial charge is 0.303 e. The lowest BCUT2D eigenvalue weighted by Crippen LogP contribution is -2.13. The number of rotatable bonds is 3. The van der Waals surface area contributed by atoms with Crippen molar-refractivity contribution in [3.8, 4) is 0 Å². The average Bonchev–Trinajstić information content (AvgIpc) is 2.07. The van der Waals surface area contributed by atoms with E-state index in [0.29, 0.717) is 5.92 Å². The van der Waals surface area contributed by atoms with Crippen molar-refractivity contribution >= 4 is 6.29 Å². The molecule has 62 valence electrons. The lowest BCUT2D eigenvalue weighted by molar-refractivity contribution is -0.108. The predicted octanol–water partition coefficient (Wildman–Crippen LogP) is 2.57. The van der Waals surface area contributed by atoms with Crippen molar-refractivity contribution < 1.29 is 4.79 Å². The van der Waals surface area contributed by atoms with Crippen molar-refractivity contribution in [1.82, 2.24) is 0 Å². The summed E-state index contributed by atoms with van der Waals surface area (Å²) in [6, 6.07) is 0.